The summed E-state index contributed by atoms with van der Waals surface area (Å²) in [6, 6.07) is 8.21. The highest BCUT2D eigenvalue weighted by Gasteiger charge is 2.06. The first kappa shape index (κ1) is 18.7. The van der Waals surface area contributed by atoms with Gasteiger partial charge < -0.3 is 15.8 Å². The number of hydrogen-bond donors (Lipinski definition) is 2. The topological polar surface area (TPSA) is 72.5 Å². The van der Waals surface area contributed by atoms with Crippen LogP contribution < -0.4 is 15.8 Å². The molecule has 3 N–H and O–H groups in total. The third-order valence-electron chi connectivity index (χ3n) is 3.63. The first-order chi connectivity index (χ1) is 12.2. The van der Waals surface area contributed by atoms with Crippen molar-refractivity contribution in [2.45, 2.75) is 39.2 Å². The summed E-state index contributed by atoms with van der Waals surface area (Å²) in [7, 11) is 0. The molecule has 0 amide bonds. The lowest BCUT2D eigenvalue weighted by Crippen LogP contribution is -2.32. The van der Waals surface area contributed by atoms with Gasteiger partial charge in [-0.3, -0.25) is 4.98 Å². The third kappa shape index (κ3) is 6.79. The summed E-state index contributed by atoms with van der Waals surface area (Å²) >= 11 is 0. The Kier molecular flexibility index (Phi) is 7.69. The van der Waals surface area contributed by atoms with Crippen molar-refractivity contribution < 1.29 is 9.13 Å². The van der Waals surface area contributed by atoms with E-state index in [-0.39, 0.29) is 5.75 Å². The number of nitrogens with one attached hydrogen (secondary N) is 1. The average Bonchev–Trinajstić information content (AvgIpc) is 2.63. The SMILES string of the molecule is CCCCCCNC(N)=NCc1ccc(Oc2cccnc2)c(F)c1. The zero-order valence-corrected chi connectivity index (χ0v) is 14.5. The number of halogens is 1. The lowest BCUT2D eigenvalue weighted by Gasteiger charge is -2.08. The minimum atomic E-state index is -0.442. The predicted molar refractivity (Wildman–Crippen MR) is 98.2 cm³/mol. The Bertz CT molecular complexity index is 676. The Morgan fingerprint density at radius 2 is 2.16 bits per heavy atom. The van der Waals surface area contributed by atoms with E-state index >= 15 is 0 Å². The molecule has 0 atom stereocenters. The molecule has 0 bridgehead atoms. The molecule has 2 aromatic rings. The number of guanidine groups is 1. The number of nitrogens with zero attached hydrogens (tertiary/aromatic N) is 2. The largest absolute Gasteiger partial charge is 0.453 e. The molecule has 5 nitrogen and oxygen atoms in total. The van der Waals surface area contributed by atoms with Gasteiger partial charge in [-0.25, -0.2) is 9.38 Å². The van der Waals surface area contributed by atoms with Crippen molar-refractivity contribution in [3.05, 3.63) is 54.1 Å². The second-order valence-electron chi connectivity index (χ2n) is 5.74. The Balaban J connectivity index is 1.84. The highest BCUT2D eigenvalue weighted by molar-refractivity contribution is 5.77. The minimum absolute atomic E-state index is 0.155. The van der Waals surface area contributed by atoms with Gasteiger partial charge in [-0.05, 0) is 36.2 Å². The Morgan fingerprint density at radius 3 is 2.88 bits per heavy atom. The molecule has 0 aliphatic heterocycles. The highest BCUT2D eigenvalue weighted by atomic mass is 19.1. The van der Waals surface area contributed by atoms with E-state index in [0.717, 1.165) is 18.5 Å². The van der Waals surface area contributed by atoms with E-state index < -0.39 is 5.82 Å². The second-order valence-corrected chi connectivity index (χ2v) is 5.74. The quantitative estimate of drug-likeness (QED) is 0.410. The summed E-state index contributed by atoms with van der Waals surface area (Å²) in [5, 5.41) is 3.07. The third-order valence-corrected chi connectivity index (χ3v) is 3.63. The van der Waals surface area contributed by atoms with Gasteiger partial charge in [0.15, 0.2) is 17.5 Å². The number of rotatable bonds is 9. The van der Waals surface area contributed by atoms with E-state index in [2.05, 4.69) is 22.2 Å². The normalized spacial score (nSPS) is 11.4. The number of hydrogen-bond acceptors (Lipinski definition) is 3. The molecular weight excluding hydrogens is 319 g/mol. The molecule has 0 saturated heterocycles. The van der Waals surface area contributed by atoms with E-state index in [9.17, 15) is 4.39 Å². The summed E-state index contributed by atoms with van der Waals surface area (Å²) in [5.41, 5.74) is 6.55. The minimum Gasteiger partial charge on any atom is -0.453 e. The first-order valence-corrected chi connectivity index (χ1v) is 8.59. The number of aliphatic imine (C=N–C) groups is 1. The number of nitrogens with two attached hydrogens (primary N) is 1. The van der Waals surface area contributed by atoms with Gasteiger partial charge in [0, 0.05) is 12.7 Å². The molecule has 0 aliphatic carbocycles. The standard InChI is InChI=1S/C19H25FN4O/c1-2-3-4-5-11-23-19(21)24-13-15-8-9-18(17(20)12-15)25-16-7-6-10-22-14-16/h6-10,12,14H,2-5,11,13H2,1H3,(H3,21,23,24). The van der Waals surface area contributed by atoms with E-state index in [4.69, 9.17) is 10.5 Å². The predicted octanol–water partition coefficient (Wildman–Crippen LogP) is 4.00. The van der Waals surface area contributed by atoms with Crippen LogP contribution in [0.1, 0.15) is 38.2 Å². The van der Waals surface area contributed by atoms with Crippen LogP contribution in [0.4, 0.5) is 4.39 Å². The summed E-state index contributed by atoms with van der Waals surface area (Å²) in [4.78, 5) is 8.16. The molecule has 0 radical (unpaired) electrons. The monoisotopic (exact) mass is 344 g/mol. The molecule has 6 heteroatoms. The van der Waals surface area contributed by atoms with Crippen LogP contribution in [-0.4, -0.2) is 17.5 Å². The maximum Gasteiger partial charge on any atom is 0.188 e. The van der Waals surface area contributed by atoms with Crippen molar-refractivity contribution in [1.82, 2.24) is 10.3 Å². The van der Waals surface area contributed by atoms with E-state index in [1.807, 2.05) is 0 Å². The fraction of sp³-hybridized carbons (Fsp3) is 0.368. The van der Waals surface area contributed by atoms with E-state index in [0.29, 0.717) is 18.3 Å². The van der Waals surface area contributed by atoms with Gasteiger partial charge in [-0.15, -0.1) is 0 Å². The number of pyridine rings is 1. The van der Waals surface area contributed by atoms with E-state index in [1.165, 1.54) is 31.5 Å². The number of ether oxygens (including phenoxy) is 1. The molecule has 25 heavy (non-hydrogen) atoms. The Labute approximate surface area is 148 Å². The molecule has 2 rings (SSSR count). The summed E-state index contributed by atoms with van der Waals surface area (Å²) in [6.45, 7) is 3.30. The maximum atomic E-state index is 14.1. The molecule has 0 fully saturated rings. The average molecular weight is 344 g/mol. The van der Waals surface area contributed by atoms with Crippen molar-refractivity contribution in [3.8, 4) is 11.5 Å². The van der Waals surface area contributed by atoms with Gasteiger partial charge in [-0.1, -0.05) is 32.3 Å². The van der Waals surface area contributed by atoms with Crippen molar-refractivity contribution in [1.29, 1.82) is 0 Å². The fourth-order valence-electron chi connectivity index (χ4n) is 2.26. The zero-order chi connectivity index (χ0) is 17.9. The molecule has 1 aromatic carbocycles. The molecule has 0 unspecified atom stereocenters. The van der Waals surface area contributed by atoms with Crippen LogP contribution in [0.25, 0.3) is 0 Å². The molecule has 0 aliphatic rings. The van der Waals surface area contributed by atoms with Crippen molar-refractivity contribution >= 4 is 5.96 Å². The van der Waals surface area contributed by atoms with Crippen LogP contribution in [0, 0.1) is 5.82 Å². The highest BCUT2D eigenvalue weighted by Crippen LogP contribution is 2.24. The van der Waals surface area contributed by atoms with Gasteiger partial charge in [0.25, 0.3) is 0 Å². The van der Waals surface area contributed by atoms with Crippen molar-refractivity contribution in [2.75, 3.05) is 6.54 Å². The number of aromatic nitrogens is 1. The fourth-order valence-corrected chi connectivity index (χ4v) is 2.26. The Hall–Kier alpha value is -2.63. The summed E-state index contributed by atoms with van der Waals surface area (Å²) < 4.78 is 19.6. The van der Waals surface area contributed by atoms with Crippen molar-refractivity contribution in [2.24, 2.45) is 10.7 Å². The molecule has 1 heterocycles. The van der Waals surface area contributed by atoms with Gasteiger partial charge >= 0.3 is 0 Å². The summed E-state index contributed by atoms with van der Waals surface area (Å²) in [5.74, 6) is 0.585. The van der Waals surface area contributed by atoms with Crippen LogP contribution in [-0.2, 0) is 6.54 Å². The van der Waals surface area contributed by atoms with Crippen LogP contribution in [0.3, 0.4) is 0 Å². The second kappa shape index (κ2) is 10.3. The van der Waals surface area contributed by atoms with Crippen LogP contribution in [0.5, 0.6) is 11.5 Å². The molecule has 134 valence electrons. The molecular formula is C19H25FN4O. The summed E-state index contributed by atoms with van der Waals surface area (Å²) in [6.07, 6.45) is 7.84. The molecule has 0 spiro atoms. The lowest BCUT2D eigenvalue weighted by molar-refractivity contribution is 0.440. The molecule has 1 aromatic heterocycles. The smallest absolute Gasteiger partial charge is 0.188 e. The van der Waals surface area contributed by atoms with Gasteiger partial charge in [-0.2, -0.15) is 0 Å². The first-order valence-electron chi connectivity index (χ1n) is 8.59. The van der Waals surface area contributed by atoms with Gasteiger partial charge in [0.05, 0.1) is 12.7 Å². The van der Waals surface area contributed by atoms with E-state index in [1.54, 1.807) is 30.5 Å². The van der Waals surface area contributed by atoms with Crippen LogP contribution in [0.2, 0.25) is 0 Å². The number of unbranched alkanes of at least 4 members (excludes halogenated alkanes) is 3. The van der Waals surface area contributed by atoms with Crippen molar-refractivity contribution in [3.63, 3.8) is 0 Å². The molecule has 0 saturated carbocycles. The maximum absolute atomic E-state index is 14.1. The Morgan fingerprint density at radius 1 is 1.28 bits per heavy atom. The van der Waals surface area contributed by atoms with Gasteiger partial charge in [0.1, 0.15) is 5.75 Å². The lowest BCUT2D eigenvalue weighted by atomic mass is 10.2. The van der Waals surface area contributed by atoms with Crippen LogP contribution in [0.15, 0.2) is 47.7 Å². The zero-order valence-electron chi connectivity index (χ0n) is 14.5. The number of benzene rings is 1. The van der Waals surface area contributed by atoms with Gasteiger partial charge in [0.2, 0.25) is 0 Å². The van der Waals surface area contributed by atoms with Crippen LogP contribution >= 0.6 is 0 Å².